The molecule has 0 amide bonds. The first-order valence-electron chi connectivity index (χ1n) is 6.87. The minimum Gasteiger partial charge on any atom is -0.365 e. The summed E-state index contributed by atoms with van der Waals surface area (Å²) < 4.78 is 0. The monoisotopic (exact) mass is 230 g/mol. The van der Waals surface area contributed by atoms with E-state index < -0.39 is 0 Å². The number of fused-ring (bicyclic) bond motifs is 1. The summed E-state index contributed by atoms with van der Waals surface area (Å²) in [6.07, 6.45) is 5.31. The van der Waals surface area contributed by atoms with Crippen LogP contribution in [0.1, 0.15) is 31.7 Å². The van der Waals surface area contributed by atoms with Crippen LogP contribution in [-0.2, 0) is 6.42 Å². The van der Waals surface area contributed by atoms with E-state index in [1.165, 1.54) is 36.9 Å². The average Bonchev–Trinajstić information content (AvgIpc) is 2.66. The molecule has 1 aliphatic heterocycles. The zero-order chi connectivity index (χ0) is 11.8. The molecule has 1 saturated carbocycles. The second-order valence-electron chi connectivity index (χ2n) is 5.61. The molecule has 2 atom stereocenters. The molecule has 2 aliphatic rings. The molecule has 1 aliphatic carbocycles. The molecule has 0 radical (unpaired) electrons. The standard InChI is InChI=1S/C15H22N2/c1-11(10-16)15-9-12-5-2-3-8-14(12)17(15)13-6-4-7-13/h2-3,5,8,11,13,15H,4,6-7,9-10,16H2,1H3. The Morgan fingerprint density at radius 1 is 1.35 bits per heavy atom. The fourth-order valence-electron chi connectivity index (χ4n) is 3.20. The van der Waals surface area contributed by atoms with Crippen molar-refractivity contribution in [2.45, 2.75) is 44.7 Å². The number of nitrogens with zero attached hydrogens (tertiary/aromatic N) is 1. The van der Waals surface area contributed by atoms with Crippen molar-refractivity contribution in [2.24, 2.45) is 11.7 Å². The molecule has 0 aromatic heterocycles. The first kappa shape index (κ1) is 11.1. The van der Waals surface area contributed by atoms with Gasteiger partial charge in [-0.25, -0.2) is 0 Å². The van der Waals surface area contributed by atoms with E-state index in [-0.39, 0.29) is 0 Å². The Hall–Kier alpha value is -1.02. The summed E-state index contributed by atoms with van der Waals surface area (Å²) in [6.45, 7) is 3.09. The lowest BCUT2D eigenvalue weighted by Gasteiger charge is -2.42. The number of hydrogen-bond donors (Lipinski definition) is 1. The minimum atomic E-state index is 0.586. The molecule has 1 aromatic carbocycles. The molecule has 0 saturated heterocycles. The zero-order valence-corrected chi connectivity index (χ0v) is 10.6. The number of anilines is 1. The summed E-state index contributed by atoms with van der Waals surface area (Å²) in [4.78, 5) is 2.68. The largest absolute Gasteiger partial charge is 0.365 e. The van der Waals surface area contributed by atoms with Gasteiger partial charge in [0.2, 0.25) is 0 Å². The first-order chi connectivity index (χ1) is 8.31. The fraction of sp³-hybridized carbons (Fsp3) is 0.600. The molecule has 17 heavy (non-hydrogen) atoms. The highest BCUT2D eigenvalue weighted by Crippen LogP contribution is 2.41. The third-order valence-corrected chi connectivity index (χ3v) is 4.55. The molecular weight excluding hydrogens is 208 g/mol. The molecule has 0 spiro atoms. The predicted octanol–water partition coefficient (Wildman–Crippen LogP) is 2.57. The first-order valence-corrected chi connectivity index (χ1v) is 6.87. The second kappa shape index (κ2) is 4.34. The van der Waals surface area contributed by atoms with Crippen LogP contribution >= 0.6 is 0 Å². The molecule has 1 fully saturated rings. The molecule has 2 heteroatoms. The van der Waals surface area contributed by atoms with Crippen molar-refractivity contribution in [3.63, 3.8) is 0 Å². The van der Waals surface area contributed by atoms with E-state index in [9.17, 15) is 0 Å². The normalized spacial score (nSPS) is 25.5. The van der Waals surface area contributed by atoms with Crippen molar-refractivity contribution in [1.82, 2.24) is 0 Å². The van der Waals surface area contributed by atoms with E-state index in [4.69, 9.17) is 5.73 Å². The Kier molecular flexibility index (Phi) is 2.83. The van der Waals surface area contributed by atoms with Crippen molar-refractivity contribution in [3.8, 4) is 0 Å². The highest BCUT2D eigenvalue weighted by molar-refractivity contribution is 5.60. The van der Waals surface area contributed by atoms with Crippen LogP contribution in [0.5, 0.6) is 0 Å². The lowest BCUT2D eigenvalue weighted by atomic mass is 9.88. The van der Waals surface area contributed by atoms with Gasteiger partial charge < -0.3 is 10.6 Å². The van der Waals surface area contributed by atoms with Gasteiger partial charge in [-0.3, -0.25) is 0 Å². The number of para-hydroxylation sites is 1. The Morgan fingerprint density at radius 3 is 2.76 bits per heavy atom. The van der Waals surface area contributed by atoms with Gasteiger partial charge in [-0.2, -0.15) is 0 Å². The molecule has 2 N–H and O–H groups in total. The highest BCUT2D eigenvalue weighted by Gasteiger charge is 2.38. The summed E-state index contributed by atoms with van der Waals surface area (Å²) in [7, 11) is 0. The van der Waals surface area contributed by atoms with E-state index in [1.807, 2.05) is 0 Å². The van der Waals surface area contributed by atoms with Crippen LogP contribution in [0.15, 0.2) is 24.3 Å². The van der Waals surface area contributed by atoms with Crippen molar-refractivity contribution >= 4 is 5.69 Å². The molecule has 3 rings (SSSR count). The van der Waals surface area contributed by atoms with Gasteiger partial charge in [0.05, 0.1) is 0 Å². The summed E-state index contributed by atoms with van der Waals surface area (Å²) in [6, 6.07) is 10.3. The van der Waals surface area contributed by atoms with Gasteiger partial charge in [-0.1, -0.05) is 25.1 Å². The Bertz CT molecular complexity index is 398. The van der Waals surface area contributed by atoms with Gasteiger partial charge >= 0.3 is 0 Å². The van der Waals surface area contributed by atoms with Gasteiger partial charge in [0, 0.05) is 17.8 Å². The van der Waals surface area contributed by atoms with Crippen molar-refractivity contribution in [3.05, 3.63) is 29.8 Å². The van der Waals surface area contributed by atoms with Crippen LogP contribution in [-0.4, -0.2) is 18.6 Å². The Balaban J connectivity index is 1.92. The van der Waals surface area contributed by atoms with Gasteiger partial charge in [-0.05, 0) is 49.8 Å². The van der Waals surface area contributed by atoms with E-state index in [1.54, 1.807) is 0 Å². The second-order valence-corrected chi connectivity index (χ2v) is 5.61. The van der Waals surface area contributed by atoms with E-state index in [0.29, 0.717) is 12.0 Å². The summed E-state index contributed by atoms with van der Waals surface area (Å²) in [5.41, 5.74) is 8.87. The zero-order valence-electron chi connectivity index (χ0n) is 10.6. The predicted molar refractivity (Wildman–Crippen MR) is 72.3 cm³/mol. The van der Waals surface area contributed by atoms with E-state index in [0.717, 1.165) is 12.6 Å². The molecule has 92 valence electrons. The third-order valence-electron chi connectivity index (χ3n) is 4.55. The van der Waals surface area contributed by atoms with Gasteiger partial charge in [-0.15, -0.1) is 0 Å². The molecule has 1 heterocycles. The number of hydrogen-bond acceptors (Lipinski definition) is 2. The van der Waals surface area contributed by atoms with E-state index in [2.05, 4.69) is 36.1 Å². The molecular formula is C15H22N2. The maximum absolute atomic E-state index is 5.88. The van der Waals surface area contributed by atoms with Crippen molar-refractivity contribution < 1.29 is 0 Å². The molecule has 2 unspecified atom stereocenters. The Morgan fingerprint density at radius 2 is 2.12 bits per heavy atom. The van der Waals surface area contributed by atoms with Crippen LogP contribution in [0, 0.1) is 5.92 Å². The van der Waals surface area contributed by atoms with Crippen molar-refractivity contribution in [2.75, 3.05) is 11.4 Å². The quantitative estimate of drug-likeness (QED) is 0.864. The lowest BCUT2D eigenvalue weighted by Crippen LogP contribution is -2.48. The average molecular weight is 230 g/mol. The third kappa shape index (κ3) is 1.75. The van der Waals surface area contributed by atoms with Gasteiger partial charge in [0.1, 0.15) is 0 Å². The maximum atomic E-state index is 5.88. The molecule has 1 aromatic rings. The lowest BCUT2D eigenvalue weighted by molar-refractivity contribution is 0.329. The summed E-state index contributed by atoms with van der Waals surface area (Å²) in [5.74, 6) is 0.586. The van der Waals surface area contributed by atoms with Gasteiger partial charge in [0.15, 0.2) is 0 Å². The highest BCUT2D eigenvalue weighted by atomic mass is 15.2. The molecule has 0 bridgehead atoms. The Labute approximate surface area is 104 Å². The number of benzene rings is 1. The summed E-state index contributed by atoms with van der Waals surface area (Å²) >= 11 is 0. The number of nitrogens with two attached hydrogens (primary N) is 1. The molecule has 2 nitrogen and oxygen atoms in total. The summed E-state index contributed by atoms with van der Waals surface area (Å²) in [5, 5.41) is 0. The minimum absolute atomic E-state index is 0.586. The maximum Gasteiger partial charge on any atom is 0.0404 e. The van der Waals surface area contributed by atoms with Crippen LogP contribution in [0.4, 0.5) is 5.69 Å². The SMILES string of the molecule is CC(CN)C1Cc2ccccc2N1C1CCC1. The van der Waals surface area contributed by atoms with E-state index >= 15 is 0 Å². The fourth-order valence-corrected chi connectivity index (χ4v) is 3.20. The van der Waals surface area contributed by atoms with Crippen LogP contribution in [0.2, 0.25) is 0 Å². The van der Waals surface area contributed by atoms with Crippen molar-refractivity contribution in [1.29, 1.82) is 0 Å². The smallest absolute Gasteiger partial charge is 0.0404 e. The van der Waals surface area contributed by atoms with Crippen LogP contribution in [0.3, 0.4) is 0 Å². The van der Waals surface area contributed by atoms with Crippen LogP contribution < -0.4 is 10.6 Å². The van der Waals surface area contributed by atoms with Gasteiger partial charge in [0.25, 0.3) is 0 Å². The number of rotatable bonds is 3. The topological polar surface area (TPSA) is 29.3 Å². The van der Waals surface area contributed by atoms with Crippen LogP contribution in [0.25, 0.3) is 0 Å².